The van der Waals surface area contributed by atoms with Crippen LogP contribution in [0.3, 0.4) is 0 Å². The number of aromatic hydroxyl groups is 1. The number of aromatic nitrogens is 1. The number of hydrogen-bond donors (Lipinski definition) is 2. The summed E-state index contributed by atoms with van der Waals surface area (Å²) >= 11 is 13.9. The van der Waals surface area contributed by atoms with Gasteiger partial charge in [-0.25, -0.2) is 4.98 Å². The maximum atomic E-state index is 12.3. The number of para-hydroxylation sites is 1. The van der Waals surface area contributed by atoms with E-state index in [0.29, 0.717) is 24.6 Å². The molecule has 0 unspecified atom stereocenters. The fourth-order valence-corrected chi connectivity index (χ4v) is 4.26. The average Bonchev–Trinajstić information content (AvgIpc) is 2.86. The second-order valence-electron chi connectivity index (χ2n) is 4.34. The Labute approximate surface area is 151 Å². The fourth-order valence-electron chi connectivity index (χ4n) is 1.87. The SMILES string of the molecule is O=C(Nc1nc2c(Cl)cccc2s1)c1cc(Br)cc(Br)c1O. The predicted octanol–water partition coefficient (Wildman–Crippen LogP) is 5.43. The van der Waals surface area contributed by atoms with E-state index in [4.69, 9.17) is 11.6 Å². The van der Waals surface area contributed by atoms with E-state index in [2.05, 4.69) is 42.2 Å². The Morgan fingerprint density at radius 2 is 2.09 bits per heavy atom. The molecular weight excluding hydrogens is 455 g/mol. The number of benzene rings is 2. The molecule has 0 aliphatic rings. The molecule has 0 aliphatic heterocycles. The van der Waals surface area contributed by atoms with Crippen LogP contribution in [0.15, 0.2) is 39.3 Å². The first kappa shape index (κ1) is 15.7. The molecule has 112 valence electrons. The van der Waals surface area contributed by atoms with E-state index in [9.17, 15) is 9.90 Å². The zero-order valence-electron chi connectivity index (χ0n) is 10.7. The van der Waals surface area contributed by atoms with E-state index in [0.717, 1.165) is 4.70 Å². The van der Waals surface area contributed by atoms with Crippen LogP contribution in [0.1, 0.15) is 10.4 Å². The quantitative estimate of drug-likeness (QED) is 0.534. The Morgan fingerprint density at radius 1 is 1.32 bits per heavy atom. The van der Waals surface area contributed by atoms with Crippen molar-refractivity contribution < 1.29 is 9.90 Å². The summed E-state index contributed by atoms with van der Waals surface area (Å²) in [7, 11) is 0. The van der Waals surface area contributed by atoms with Crippen molar-refractivity contribution >= 4 is 76.1 Å². The largest absolute Gasteiger partial charge is 0.506 e. The first-order valence-corrected chi connectivity index (χ1v) is 8.78. The van der Waals surface area contributed by atoms with Crippen molar-refractivity contribution in [3.8, 4) is 5.75 Å². The molecule has 0 radical (unpaired) electrons. The minimum absolute atomic E-state index is 0.125. The summed E-state index contributed by atoms with van der Waals surface area (Å²) in [4.78, 5) is 16.6. The van der Waals surface area contributed by atoms with Gasteiger partial charge >= 0.3 is 0 Å². The van der Waals surface area contributed by atoms with Crippen molar-refractivity contribution in [1.29, 1.82) is 0 Å². The molecule has 22 heavy (non-hydrogen) atoms. The number of phenolic OH excluding ortho intramolecular Hbond substituents is 1. The lowest BCUT2D eigenvalue weighted by Gasteiger charge is -2.06. The number of phenols is 1. The van der Waals surface area contributed by atoms with Crippen molar-refractivity contribution in [2.24, 2.45) is 0 Å². The molecule has 0 fully saturated rings. The summed E-state index contributed by atoms with van der Waals surface area (Å²) in [6, 6.07) is 8.64. The van der Waals surface area contributed by atoms with Crippen LogP contribution in [0.25, 0.3) is 10.2 Å². The number of amides is 1. The fraction of sp³-hybridized carbons (Fsp3) is 0. The smallest absolute Gasteiger partial charge is 0.261 e. The van der Waals surface area contributed by atoms with Crippen LogP contribution in [0.2, 0.25) is 5.02 Å². The second kappa shape index (κ2) is 6.16. The molecule has 2 aromatic carbocycles. The highest BCUT2D eigenvalue weighted by atomic mass is 79.9. The van der Waals surface area contributed by atoms with Crippen molar-refractivity contribution in [2.75, 3.05) is 5.32 Å². The summed E-state index contributed by atoms with van der Waals surface area (Å²) in [5.74, 6) is -0.575. The molecule has 0 saturated carbocycles. The standard InChI is InChI=1S/C14H7Br2ClN2O2S/c15-6-4-7(12(20)8(16)5-6)13(21)19-14-18-11-9(17)2-1-3-10(11)22-14/h1-5,20H,(H,18,19,21). The third-order valence-corrected chi connectivity index (χ3v) is 5.17. The zero-order chi connectivity index (χ0) is 15.9. The molecule has 0 spiro atoms. The lowest BCUT2D eigenvalue weighted by atomic mass is 10.2. The molecule has 0 atom stereocenters. The van der Waals surface area contributed by atoms with Gasteiger partial charge in [-0.05, 0) is 40.2 Å². The van der Waals surface area contributed by atoms with Gasteiger partial charge in [0.2, 0.25) is 0 Å². The number of thiazole rings is 1. The number of carbonyl (C=O) groups excluding carboxylic acids is 1. The monoisotopic (exact) mass is 460 g/mol. The van der Waals surface area contributed by atoms with E-state index in [1.54, 1.807) is 12.1 Å². The number of nitrogens with zero attached hydrogens (tertiary/aromatic N) is 1. The lowest BCUT2D eigenvalue weighted by molar-refractivity contribution is 0.102. The summed E-state index contributed by atoms with van der Waals surface area (Å²) in [5.41, 5.74) is 0.788. The lowest BCUT2D eigenvalue weighted by Crippen LogP contribution is -2.12. The minimum atomic E-state index is -0.449. The number of nitrogens with one attached hydrogen (secondary N) is 1. The normalized spacial score (nSPS) is 10.9. The molecular formula is C14H7Br2ClN2O2S. The van der Waals surface area contributed by atoms with Gasteiger partial charge in [-0.15, -0.1) is 0 Å². The molecule has 0 aliphatic carbocycles. The van der Waals surface area contributed by atoms with E-state index in [1.807, 2.05) is 12.1 Å². The highest BCUT2D eigenvalue weighted by Crippen LogP contribution is 2.34. The maximum absolute atomic E-state index is 12.3. The highest BCUT2D eigenvalue weighted by Gasteiger charge is 2.17. The van der Waals surface area contributed by atoms with Crippen LogP contribution in [-0.4, -0.2) is 16.0 Å². The number of rotatable bonds is 2. The van der Waals surface area contributed by atoms with Gasteiger partial charge < -0.3 is 5.11 Å². The van der Waals surface area contributed by atoms with Gasteiger partial charge in [-0.1, -0.05) is 44.9 Å². The summed E-state index contributed by atoms with van der Waals surface area (Å²) < 4.78 is 1.98. The molecule has 2 N–H and O–H groups in total. The Hall–Kier alpha value is -1.15. The van der Waals surface area contributed by atoms with Crippen molar-refractivity contribution in [3.63, 3.8) is 0 Å². The van der Waals surface area contributed by atoms with Crippen molar-refractivity contribution in [1.82, 2.24) is 4.98 Å². The molecule has 3 aromatic rings. The van der Waals surface area contributed by atoms with Crippen LogP contribution >= 0.6 is 54.8 Å². The predicted molar refractivity (Wildman–Crippen MR) is 96.1 cm³/mol. The van der Waals surface area contributed by atoms with E-state index < -0.39 is 5.91 Å². The van der Waals surface area contributed by atoms with Crippen LogP contribution < -0.4 is 5.32 Å². The molecule has 1 heterocycles. The van der Waals surface area contributed by atoms with Crippen LogP contribution in [-0.2, 0) is 0 Å². The highest BCUT2D eigenvalue weighted by molar-refractivity contribution is 9.11. The molecule has 1 amide bonds. The van der Waals surface area contributed by atoms with E-state index >= 15 is 0 Å². The Morgan fingerprint density at radius 3 is 2.82 bits per heavy atom. The number of hydrogen-bond acceptors (Lipinski definition) is 4. The minimum Gasteiger partial charge on any atom is -0.506 e. The molecule has 1 aromatic heterocycles. The third kappa shape index (κ3) is 2.99. The van der Waals surface area contributed by atoms with Gasteiger partial charge in [0.1, 0.15) is 11.3 Å². The molecule has 0 saturated heterocycles. The Bertz CT molecular complexity index is 898. The number of fused-ring (bicyclic) bond motifs is 1. The first-order chi connectivity index (χ1) is 10.5. The van der Waals surface area contributed by atoms with E-state index in [1.165, 1.54) is 17.4 Å². The summed E-state index contributed by atoms with van der Waals surface area (Å²) in [6.07, 6.45) is 0. The Balaban J connectivity index is 1.95. The van der Waals surface area contributed by atoms with Gasteiger partial charge in [0, 0.05) is 4.47 Å². The summed E-state index contributed by atoms with van der Waals surface area (Å²) in [6.45, 7) is 0. The first-order valence-electron chi connectivity index (χ1n) is 6.00. The Kier molecular flexibility index (Phi) is 4.40. The van der Waals surface area contributed by atoms with Crippen LogP contribution in [0, 0.1) is 0 Å². The second-order valence-corrected chi connectivity index (χ2v) is 7.55. The zero-order valence-corrected chi connectivity index (χ0v) is 15.5. The summed E-state index contributed by atoms with van der Waals surface area (Å²) in [5, 5.41) is 13.6. The van der Waals surface area contributed by atoms with E-state index in [-0.39, 0.29) is 11.3 Å². The van der Waals surface area contributed by atoms with Gasteiger partial charge in [0.05, 0.1) is 19.8 Å². The maximum Gasteiger partial charge on any atom is 0.261 e. The van der Waals surface area contributed by atoms with Crippen molar-refractivity contribution in [3.05, 3.63) is 49.9 Å². The molecule has 3 rings (SSSR count). The topological polar surface area (TPSA) is 62.2 Å². The van der Waals surface area contributed by atoms with Gasteiger partial charge in [0.15, 0.2) is 5.13 Å². The van der Waals surface area contributed by atoms with Crippen LogP contribution in [0.4, 0.5) is 5.13 Å². The molecule has 4 nitrogen and oxygen atoms in total. The van der Waals surface area contributed by atoms with Crippen molar-refractivity contribution in [2.45, 2.75) is 0 Å². The van der Waals surface area contributed by atoms with Crippen LogP contribution in [0.5, 0.6) is 5.75 Å². The number of halogens is 3. The average molecular weight is 463 g/mol. The van der Waals surface area contributed by atoms with Gasteiger partial charge in [-0.3, -0.25) is 10.1 Å². The van der Waals surface area contributed by atoms with Gasteiger partial charge in [-0.2, -0.15) is 0 Å². The molecule has 8 heteroatoms. The number of carbonyl (C=O) groups is 1. The van der Waals surface area contributed by atoms with Gasteiger partial charge in [0.25, 0.3) is 5.91 Å². The molecule has 0 bridgehead atoms. The number of anilines is 1. The third-order valence-electron chi connectivity index (χ3n) is 2.86.